The van der Waals surface area contributed by atoms with Gasteiger partial charge in [-0.1, -0.05) is 23.2 Å². The third-order valence-corrected chi connectivity index (χ3v) is 4.44. The summed E-state index contributed by atoms with van der Waals surface area (Å²) in [6.45, 7) is 0.127. The maximum absolute atomic E-state index is 12.3. The summed E-state index contributed by atoms with van der Waals surface area (Å²) in [6, 6.07) is 9.96. The number of nitrogens with zero attached hydrogens (tertiary/aromatic N) is 1. The first kappa shape index (κ1) is 17.6. The minimum atomic E-state index is -0.583. The summed E-state index contributed by atoms with van der Waals surface area (Å²) in [5.74, 6) is 0.549. The summed E-state index contributed by atoms with van der Waals surface area (Å²) in [4.78, 5) is 12.3. The first-order chi connectivity index (χ1) is 12.0. The van der Waals surface area contributed by atoms with Crippen molar-refractivity contribution >= 4 is 56.8 Å². The summed E-state index contributed by atoms with van der Waals surface area (Å²) in [5.41, 5.74) is 0.894. The van der Waals surface area contributed by atoms with Gasteiger partial charge in [-0.3, -0.25) is 4.79 Å². The van der Waals surface area contributed by atoms with E-state index in [2.05, 4.69) is 21.2 Å². The highest BCUT2D eigenvalue weighted by Crippen LogP contribution is 2.40. The smallest absolute Gasteiger partial charge is 0.266 e. The monoisotopic (exact) mass is 438 g/mol. The summed E-state index contributed by atoms with van der Waals surface area (Å²) in [6.07, 6.45) is 1.45. The van der Waals surface area contributed by atoms with E-state index in [9.17, 15) is 10.1 Å². The quantitative estimate of drug-likeness (QED) is 0.537. The van der Waals surface area contributed by atoms with E-state index in [-0.39, 0.29) is 17.4 Å². The molecular weight excluding hydrogens is 431 g/mol. The molecule has 0 atom stereocenters. The molecule has 5 nitrogen and oxygen atoms in total. The third kappa shape index (κ3) is 3.90. The first-order valence-corrected chi connectivity index (χ1v) is 8.50. The standard InChI is InChI=1S/C17H9BrCl2N2O3/c18-12-4-9(5-15-16(12)25-8-24-15)3-10(7-21)17(23)22-14-2-1-11(19)6-13(14)20/h1-6H,8H2,(H,22,23)/b10-3+. The molecule has 1 amide bonds. The van der Waals surface area contributed by atoms with Crippen LogP contribution in [0.1, 0.15) is 5.56 Å². The molecular formula is C17H9BrCl2N2O3. The second-order valence-electron chi connectivity index (χ2n) is 4.98. The average molecular weight is 440 g/mol. The summed E-state index contributed by atoms with van der Waals surface area (Å²) < 4.78 is 11.3. The fraction of sp³-hybridized carbons (Fsp3) is 0.0588. The first-order valence-electron chi connectivity index (χ1n) is 6.95. The predicted octanol–water partition coefficient (Wildman–Crippen LogP) is 5.03. The van der Waals surface area contributed by atoms with Gasteiger partial charge in [0.1, 0.15) is 11.6 Å². The Balaban J connectivity index is 1.87. The van der Waals surface area contributed by atoms with Crippen molar-refractivity contribution < 1.29 is 14.3 Å². The lowest BCUT2D eigenvalue weighted by Gasteiger charge is -2.07. The number of carbonyl (C=O) groups excluding carboxylic acids is 1. The van der Waals surface area contributed by atoms with E-state index >= 15 is 0 Å². The maximum Gasteiger partial charge on any atom is 0.266 e. The van der Waals surface area contributed by atoms with Crippen LogP contribution in [0.5, 0.6) is 11.5 Å². The van der Waals surface area contributed by atoms with Crippen molar-refractivity contribution in [3.8, 4) is 17.6 Å². The van der Waals surface area contributed by atoms with E-state index in [1.807, 2.05) is 6.07 Å². The van der Waals surface area contributed by atoms with Gasteiger partial charge in [-0.15, -0.1) is 0 Å². The number of fused-ring (bicyclic) bond motifs is 1. The highest BCUT2D eigenvalue weighted by molar-refractivity contribution is 9.10. The lowest BCUT2D eigenvalue weighted by atomic mass is 10.1. The van der Waals surface area contributed by atoms with E-state index < -0.39 is 5.91 Å². The predicted molar refractivity (Wildman–Crippen MR) is 98.9 cm³/mol. The lowest BCUT2D eigenvalue weighted by Crippen LogP contribution is -2.13. The SMILES string of the molecule is N#C/C(=C\c1cc(Br)c2c(c1)OCO2)C(=O)Nc1ccc(Cl)cc1Cl. The normalized spacial score (nSPS) is 12.6. The molecule has 25 heavy (non-hydrogen) atoms. The van der Waals surface area contributed by atoms with Crippen molar-refractivity contribution in [3.05, 3.63) is 56.0 Å². The number of hydrogen-bond acceptors (Lipinski definition) is 4. The number of amides is 1. The highest BCUT2D eigenvalue weighted by atomic mass is 79.9. The Morgan fingerprint density at radius 1 is 1.28 bits per heavy atom. The van der Waals surface area contributed by atoms with Gasteiger partial charge in [0.2, 0.25) is 6.79 Å². The molecule has 1 aliphatic heterocycles. The molecule has 3 rings (SSSR count). The molecule has 0 fully saturated rings. The molecule has 0 radical (unpaired) electrons. The molecule has 0 saturated heterocycles. The number of ether oxygens (including phenoxy) is 2. The lowest BCUT2D eigenvalue weighted by molar-refractivity contribution is -0.112. The van der Waals surface area contributed by atoms with Gasteiger partial charge in [-0.2, -0.15) is 5.26 Å². The van der Waals surface area contributed by atoms with Gasteiger partial charge in [0.05, 0.1) is 15.2 Å². The van der Waals surface area contributed by atoms with Gasteiger partial charge in [0.15, 0.2) is 11.5 Å². The van der Waals surface area contributed by atoms with Crippen LogP contribution in [0.2, 0.25) is 10.0 Å². The maximum atomic E-state index is 12.3. The third-order valence-electron chi connectivity index (χ3n) is 3.30. The van der Waals surface area contributed by atoms with E-state index in [0.717, 1.165) is 0 Å². The fourth-order valence-electron chi connectivity index (χ4n) is 2.17. The van der Waals surface area contributed by atoms with Crippen LogP contribution in [0.25, 0.3) is 6.08 Å². The van der Waals surface area contributed by atoms with Crippen molar-refractivity contribution in [1.82, 2.24) is 0 Å². The zero-order valence-corrected chi connectivity index (χ0v) is 15.6. The minimum Gasteiger partial charge on any atom is -0.454 e. The van der Waals surface area contributed by atoms with Gasteiger partial charge in [0, 0.05) is 5.02 Å². The largest absolute Gasteiger partial charge is 0.454 e. The van der Waals surface area contributed by atoms with Crippen molar-refractivity contribution in [2.75, 3.05) is 12.1 Å². The average Bonchev–Trinajstić information content (AvgIpc) is 3.04. The molecule has 0 bridgehead atoms. The molecule has 2 aromatic rings. The van der Waals surface area contributed by atoms with Crippen molar-refractivity contribution in [2.45, 2.75) is 0 Å². The zero-order chi connectivity index (χ0) is 18.0. The van der Waals surface area contributed by atoms with E-state index in [1.165, 1.54) is 12.1 Å². The summed E-state index contributed by atoms with van der Waals surface area (Å²) >= 11 is 15.2. The number of benzene rings is 2. The number of anilines is 1. The molecule has 1 N–H and O–H groups in total. The molecule has 8 heteroatoms. The molecule has 0 saturated carbocycles. The number of halogens is 3. The fourth-order valence-corrected chi connectivity index (χ4v) is 3.20. The van der Waals surface area contributed by atoms with Crippen LogP contribution < -0.4 is 14.8 Å². The van der Waals surface area contributed by atoms with Gasteiger partial charge >= 0.3 is 0 Å². The Bertz CT molecular complexity index is 938. The van der Waals surface area contributed by atoms with Crippen LogP contribution in [0.3, 0.4) is 0 Å². The van der Waals surface area contributed by atoms with E-state index in [1.54, 1.807) is 24.3 Å². The van der Waals surface area contributed by atoms with Gasteiger partial charge in [0.25, 0.3) is 5.91 Å². The van der Waals surface area contributed by atoms with Crippen molar-refractivity contribution in [3.63, 3.8) is 0 Å². The van der Waals surface area contributed by atoms with Crippen molar-refractivity contribution in [2.24, 2.45) is 0 Å². The number of rotatable bonds is 3. The summed E-state index contributed by atoms with van der Waals surface area (Å²) in [5, 5.41) is 12.6. The van der Waals surface area contributed by atoms with Crippen molar-refractivity contribution in [1.29, 1.82) is 5.26 Å². The van der Waals surface area contributed by atoms with Crippen LogP contribution in [-0.2, 0) is 4.79 Å². The van der Waals surface area contributed by atoms with E-state index in [4.69, 9.17) is 32.7 Å². The van der Waals surface area contributed by atoms with Crippen LogP contribution in [0.4, 0.5) is 5.69 Å². The van der Waals surface area contributed by atoms with Gasteiger partial charge in [-0.25, -0.2) is 0 Å². The Morgan fingerprint density at radius 3 is 2.80 bits per heavy atom. The second kappa shape index (κ2) is 7.36. The Labute approximate surface area is 161 Å². The van der Waals surface area contributed by atoms with Crippen LogP contribution in [-0.4, -0.2) is 12.7 Å². The van der Waals surface area contributed by atoms with Crippen LogP contribution in [0.15, 0.2) is 40.4 Å². The Kier molecular flexibility index (Phi) is 5.19. The summed E-state index contributed by atoms with van der Waals surface area (Å²) in [7, 11) is 0. The van der Waals surface area contributed by atoms with E-state index in [0.29, 0.717) is 32.2 Å². The molecule has 1 heterocycles. The molecule has 1 aliphatic rings. The van der Waals surface area contributed by atoms with Gasteiger partial charge < -0.3 is 14.8 Å². The molecule has 0 unspecified atom stereocenters. The minimum absolute atomic E-state index is 0.0863. The second-order valence-corrected chi connectivity index (χ2v) is 6.68. The molecule has 0 aromatic heterocycles. The number of nitrogens with one attached hydrogen (secondary N) is 1. The molecule has 0 spiro atoms. The molecule has 2 aromatic carbocycles. The number of hydrogen-bond donors (Lipinski definition) is 1. The van der Waals surface area contributed by atoms with Crippen LogP contribution >= 0.6 is 39.1 Å². The molecule has 0 aliphatic carbocycles. The van der Waals surface area contributed by atoms with Crippen LogP contribution in [0, 0.1) is 11.3 Å². The number of nitriles is 1. The Morgan fingerprint density at radius 2 is 2.08 bits per heavy atom. The zero-order valence-electron chi connectivity index (χ0n) is 12.5. The highest BCUT2D eigenvalue weighted by Gasteiger charge is 2.18. The Hall–Kier alpha value is -2.20. The molecule has 126 valence electrons. The number of carbonyl (C=O) groups is 1. The topological polar surface area (TPSA) is 71.3 Å². The van der Waals surface area contributed by atoms with Gasteiger partial charge in [-0.05, 0) is 57.9 Å².